The van der Waals surface area contributed by atoms with E-state index in [0.29, 0.717) is 28.3 Å². The first-order valence-corrected chi connectivity index (χ1v) is 10.6. The molecule has 0 saturated carbocycles. The summed E-state index contributed by atoms with van der Waals surface area (Å²) in [4.78, 5) is 38.3. The molecule has 2 aromatic carbocycles. The van der Waals surface area contributed by atoms with E-state index in [1.807, 2.05) is 19.1 Å². The van der Waals surface area contributed by atoms with E-state index in [1.165, 1.54) is 11.8 Å². The average Bonchev–Trinajstić information content (AvgIpc) is 3.14. The molecule has 0 aromatic heterocycles. The van der Waals surface area contributed by atoms with Crippen molar-refractivity contribution in [1.29, 1.82) is 0 Å². The van der Waals surface area contributed by atoms with E-state index in [-0.39, 0.29) is 41.4 Å². The third kappa shape index (κ3) is 4.90. The van der Waals surface area contributed by atoms with Crippen LogP contribution in [-0.4, -0.2) is 36.8 Å². The highest BCUT2D eigenvalue weighted by atomic mass is 19.3. The highest BCUT2D eigenvalue weighted by molar-refractivity contribution is 6.00. The first kappa shape index (κ1) is 24.8. The van der Waals surface area contributed by atoms with Crippen molar-refractivity contribution in [2.24, 2.45) is 0 Å². The SMILES string of the molecule is CC(=O)Oc1c(CC=Cc2cccc(C)c2C(=O)N(C)C)c(C=C(F)F)c(C)c2c1C(=O)OC2. The minimum Gasteiger partial charge on any atom is -0.457 e. The van der Waals surface area contributed by atoms with E-state index in [0.717, 1.165) is 5.56 Å². The van der Waals surface area contributed by atoms with E-state index in [9.17, 15) is 23.2 Å². The number of amides is 1. The highest BCUT2D eigenvalue weighted by Crippen LogP contribution is 2.40. The maximum atomic E-state index is 13.3. The molecule has 0 aliphatic carbocycles. The van der Waals surface area contributed by atoms with E-state index in [2.05, 4.69) is 0 Å². The lowest BCUT2D eigenvalue weighted by Crippen LogP contribution is -2.23. The van der Waals surface area contributed by atoms with Gasteiger partial charge in [-0.3, -0.25) is 9.59 Å². The average molecular weight is 469 g/mol. The van der Waals surface area contributed by atoms with Crippen molar-refractivity contribution in [3.05, 3.63) is 74.9 Å². The van der Waals surface area contributed by atoms with Gasteiger partial charge in [0.1, 0.15) is 17.9 Å². The normalized spacial score (nSPS) is 12.4. The number of carbonyl (C=O) groups is 3. The van der Waals surface area contributed by atoms with Gasteiger partial charge in [0, 0.05) is 43.8 Å². The molecule has 1 aliphatic rings. The summed E-state index contributed by atoms with van der Waals surface area (Å²) in [6.45, 7) is 4.53. The first-order valence-electron chi connectivity index (χ1n) is 10.6. The fourth-order valence-electron chi connectivity index (χ4n) is 4.01. The van der Waals surface area contributed by atoms with Crippen LogP contribution in [-0.2, 0) is 22.6 Å². The molecule has 8 heteroatoms. The molecule has 1 amide bonds. The fourth-order valence-corrected chi connectivity index (χ4v) is 4.01. The number of halogens is 2. The number of aryl methyl sites for hydroxylation is 1. The number of carbonyl (C=O) groups excluding carboxylic acids is 3. The van der Waals surface area contributed by atoms with Crippen LogP contribution in [0.5, 0.6) is 5.75 Å². The summed E-state index contributed by atoms with van der Waals surface area (Å²) in [6, 6.07) is 5.42. The van der Waals surface area contributed by atoms with Gasteiger partial charge in [0.2, 0.25) is 0 Å². The number of allylic oxidation sites excluding steroid dienone is 1. The maximum absolute atomic E-state index is 13.3. The Balaban J connectivity index is 2.16. The van der Waals surface area contributed by atoms with Gasteiger partial charge in [-0.2, -0.15) is 8.78 Å². The van der Waals surface area contributed by atoms with Crippen molar-refractivity contribution in [2.45, 2.75) is 33.8 Å². The predicted octanol–water partition coefficient (Wildman–Crippen LogP) is 5.09. The van der Waals surface area contributed by atoms with E-state index in [4.69, 9.17) is 9.47 Å². The highest BCUT2D eigenvalue weighted by Gasteiger charge is 2.33. The molecule has 1 heterocycles. The monoisotopic (exact) mass is 469 g/mol. The number of esters is 2. The second kappa shape index (κ2) is 9.99. The molecule has 0 fully saturated rings. The standard InChI is InChI=1S/C26H25F2NO5/c1-14-8-6-9-17(22(14)25(31)29(4)5)10-7-11-18-19(12-21(27)28)15(2)20-13-33-26(32)23(20)24(18)34-16(3)30/h6-10,12H,11,13H2,1-5H3. The van der Waals surface area contributed by atoms with E-state index < -0.39 is 18.0 Å². The molecule has 178 valence electrons. The zero-order chi connectivity index (χ0) is 25.2. The zero-order valence-corrected chi connectivity index (χ0v) is 19.6. The van der Waals surface area contributed by atoms with Crippen molar-refractivity contribution in [2.75, 3.05) is 14.1 Å². The van der Waals surface area contributed by atoms with Gasteiger partial charge in [-0.25, -0.2) is 4.79 Å². The summed E-state index contributed by atoms with van der Waals surface area (Å²) in [5.41, 5.74) is 3.32. The summed E-state index contributed by atoms with van der Waals surface area (Å²) >= 11 is 0. The van der Waals surface area contributed by atoms with Crippen molar-refractivity contribution in [1.82, 2.24) is 4.90 Å². The van der Waals surface area contributed by atoms with Gasteiger partial charge in [-0.05, 0) is 42.5 Å². The van der Waals surface area contributed by atoms with Crippen LogP contribution in [0.1, 0.15) is 61.0 Å². The number of nitrogens with zero attached hydrogens (tertiary/aromatic N) is 1. The minimum absolute atomic E-state index is 0.0622. The molecule has 0 bridgehead atoms. The molecule has 2 aromatic rings. The molecule has 0 atom stereocenters. The van der Waals surface area contributed by atoms with Crippen LogP contribution in [0.4, 0.5) is 8.78 Å². The van der Waals surface area contributed by atoms with Crippen LogP contribution in [0.25, 0.3) is 12.2 Å². The van der Waals surface area contributed by atoms with Crippen LogP contribution < -0.4 is 4.74 Å². The molecule has 0 unspecified atom stereocenters. The number of hydrogen-bond donors (Lipinski definition) is 0. The Morgan fingerprint density at radius 2 is 1.91 bits per heavy atom. The summed E-state index contributed by atoms with van der Waals surface area (Å²) in [5, 5.41) is 0. The summed E-state index contributed by atoms with van der Waals surface area (Å²) in [7, 11) is 3.31. The quantitative estimate of drug-likeness (QED) is 0.435. The molecule has 34 heavy (non-hydrogen) atoms. The van der Waals surface area contributed by atoms with Crippen LogP contribution >= 0.6 is 0 Å². The lowest BCUT2D eigenvalue weighted by Gasteiger charge is -2.17. The van der Waals surface area contributed by atoms with Crippen molar-refractivity contribution >= 4 is 30.0 Å². The van der Waals surface area contributed by atoms with Gasteiger partial charge in [-0.1, -0.05) is 30.4 Å². The van der Waals surface area contributed by atoms with Gasteiger partial charge in [-0.15, -0.1) is 0 Å². The number of ether oxygens (including phenoxy) is 2. The number of benzene rings is 2. The van der Waals surface area contributed by atoms with E-state index in [1.54, 1.807) is 39.2 Å². The topological polar surface area (TPSA) is 72.9 Å². The molecule has 3 rings (SSSR count). The zero-order valence-electron chi connectivity index (χ0n) is 19.6. The lowest BCUT2D eigenvalue weighted by atomic mass is 9.90. The predicted molar refractivity (Wildman–Crippen MR) is 124 cm³/mol. The number of hydrogen-bond acceptors (Lipinski definition) is 5. The van der Waals surface area contributed by atoms with Crippen LogP contribution in [0.15, 0.2) is 30.4 Å². The third-order valence-corrected chi connectivity index (χ3v) is 5.58. The molecule has 0 saturated heterocycles. The van der Waals surface area contributed by atoms with Crippen LogP contribution in [0.3, 0.4) is 0 Å². The maximum Gasteiger partial charge on any atom is 0.342 e. The Bertz CT molecular complexity index is 1240. The molecular formula is C26H25F2NO5. The van der Waals surface area contributed by atoms with E-state index >= 15 is 0 Å². The smallest absolute Gasteiger partial charge is 0.342 e. The van der Waals surface area contributed by atoms with Crippen LogP contribution in [0, 0.1) is 13.8 Å². The van der Waals surface area contributed by atoms with Crippen molar-refractivity contribution in [3.8, 4) is 5.75 Å². The van der Waals surface area contributed by atoms with Crippen molar-refractivity contribution in [3.63, 3.8) is 0 Å². The third-order valence-electron chi connectivity index (χ3n) is 5.58. The molecule has 0 spiro atoms. The van der Waals surface area contributed by atoms with Gasteiger partial charge in [0.25, 0.3) is 12.0 Å². The molecular weight excluding hydrogens is 444 g/mol. The molecule has 0 N–H and O–H groups in total. The van der Waals surface area contributed by atoms with Crippen molar-refractivity contribution < 1.29 is 32.6 Å². The summed E-state index contributed by atoms with van der Waals surface area (Å²) < 4.78 is 37.1. The first-order chi connectivity index (χ1) is 16.0. The number of fused-ring (bicyclic) bond motifs is 1. The second-order valence-corrected chi connectivity index (χ2v) is 8.15. The minimum atomic E-state index is -1.93. The summed E-state index contributed by atoms with van der Waals surface area (Å²) in [5.74, 6) is -1.61. The summed E-state index contributed by atoms with van der Waals surface area (Å²) in [6.07, 6.45) is 2.23. The number of cyclic esters (lactones) is 1. The largest absolute Gasteiger partial charge is 0.457 e. The molecule has 6 nitrogen and oxygen atoms in total. The Labute approximate surface area is 196 Å². The van der Waals surface area contributed by atoms with Gasteiger partial charge in [0.15, 0.2) is 0 Å². The second-order valence-electron chi connectivity index (χ2n) is 8.15. The Morgan fingerprint density at radius 3 is 2.53 bits per heavy atom. The molecule has 1 aliphatic heterocycles. The molecule has 0 radical (unpaired) electrons. The van der Waals surface area contributed by atoms with Crippen LogP contribution in [0.2, 0.25) is 0 Å². The van der Waals surface area contributed by atoms with Gasteiger partial charge >= 0.3 is 11.9 Å². The lowest BCUT2D eigenvalue weighted by molar-refractivity contribution is -0.131. The van der Waals surface area contributed by atoms with Gasteiger partial charge < -0.3 is 14.4 Å². The number of rotatable bonds is 6. The fraction of sp³-hybridized carbons (Fsp3) is 0.269. The Kier molecular flexibility index (Phi) is 7.29. The Hall–Kier alpha value is -3.81. The Morgan fingerprint density at radius 1 is 1.21 bits per heavy atom. The van der Waals surface area contributed by atoms with Gasteiger partial charge in [0.05, 0.1) is 0 Å².